The number of piperidine rings is 1. The third-order valence-corrected chi connectivity index (χ3v) is 6.41. The van der Waals surface area contributed by atoms with Gasteiger partial charge in [-0.2, -0.15) is 0 Å². The van der Waals surface area contributed by atoms with Crippen LogP contribution >= 0.6 is 11.3 Å². The third kappa shape index (κ3) is 6.68. The molecular formula is C23H31N3O2S. The predicted molar refractivity (Wildman–Crippen MR) is 120 cm³/mol. The number of carbonyl (C=O) groups is 2. The number of nitrogens with zero attached hydrogens (tertiary/aromatic N) is 1. The van der Waals surface area contributed by atoms with Crippen molar-refractivity contribution in [1.29, 1.82) is 0 Å². The molecule has 1 aliphatic heterocycles. The number of hydrogen-bond donors (Lipinski definition) is 2. The van der Waals surface area contributed by atoms with Crippen molar-refractivity contribution in [3.8, 4) is 0 Å². The minimum Gasteiger partial charge on any atom is -0.350 e. The van der Waals surface area contributed by atoms with Crippen molar-refractivity contribution < 1.29 is 9.59 Å². The van der Waals surface area contributed by atoms with Crippen LogP contribution in [0, 0.1) is 0 Å². The number of amides is 2. The molecule has 1 saturated heterocycles. The maximum Gasteiger partial charge on any atom is 0.251 e. The summed E-state index contributed by atoms with van der Waals surface area (Å²) in [5.74, 6) is -0.0969. The second kappa shape index (κ2) is 11.1. The molecule has 1 atom stereocenters. The van der Waals surface area contributed by atoms with Crippen LogP contribution in [0.1, 0.15) is 54.3 Å². The number of likely N-dealkylation sites (N-methyl/N-ethyl adjacent to an activating group) is 1. The first-order valence-electron chi connectivity index (χ1n) is 10.6. The highest BCUT2D eigenvalue weighted by Gasteiger charge is 2.21. The number of nitrogens with one attached hydrogen (secondary N) is 2. The van der Waals surface area contributed by atoms with Crippen molar-refractivity contribution in [3.63, 3.8) is 0 Å². The van der Waals surface area contributed by atoms with Gasteiger partial charge in [-0.05, 0) is 68.4 Å². The van der Waals surface area contributed by atoms with Gasteiger partial charge >= 0.3 is 0 Å². The van der Waals surface area contributed by atoms with Crippen LogP contribution in [0.4, 0.5) is 5.69 Å². The second-order valence-electron chi connectivity index (χ2n) is 7.55. The fourth-order valence-corrected chi connectivity index (χ4v) is 4.61. The van der Waals surface area contributed by atoms with E-state index in [1.165, 1.54) is 17.7 Å². The molecule has 2 amide bonds. The molecule has 6 heteroatoms. The minimum absolute atomic E-state index is 0.0140. The topological polar surface area (TPSA) is 61.4 Å². The highest BCUT2D eigenvalue weighted by molar-refractivity contribution is 7.09. The largest absolute Gasteiger partial charge is 0.350 e. The van der Waals surface area contributed by atoms with E-state index in [4.69, 9.17) is 0 Å². The molecule has 2 heterocycles. The number of aryl methyl sites for hydroxylation is 1. The van der Waals surface area contributed by atoms with Gasteiger partial charge in [0.25, 0.3) is 5.91 Å². The average molecular weight is 414 g/mol. The Morgan fingerprint density at radius 3 is 2.90 bits per heavy atom. The quantitative estimate of drug-likeness (QED) is 0.644. The van der Waals surface area contributed by atoms with Crippen LogP contribution < -0.4 is 10.6 Å². The molecule has 0 bridgehead atoms. The zero-order valence-corrected chi connectivity index (χ0v) is 18.0. The molecule has 156 valence electrons. The fraction of sp³-hybridized carbons (Fsp3) is 0.478. The predicted octanol–water partition coefficient (Wildman–Crippen LogP) is 4.31. The summed E-state index contributed by atoms with van der Waals surface area (Å²) in [6.45, 7) is 4.98. The lowest BCUT2D eigenvalue weighted by Gasteiger charge is -2.34. The Hall–Kier alpha value is -2.18. The summed E-state index contributed by atoms with van der Waals surface area (Å²) in [4.78, 5) is 28.5. The highest BCUT2D eigenvalue weighted by Crippen LogP contribution is 2.17. The zero-order valence-electron chi connectivity index (χ0n) is 17.2. The lowest BCUT2D eigenvalue weighted by Crippen LogP contribution is -2.46. The van der Waals surface area contributed by atoms with Crippen molar-refractivity contribution in [2.75, 3.05) is 25.0 Å². The van der Waals surface area contributed by atoms with Crippen molar-refractivity contribution in [3.05, 3.63) is 52.2 Å². The monoisotopic (exact) mass is 413 g/mol. The zero-order chi connectivity index (χ0) is 20.5. The van der Waals surface area contributed by atoms with E-state index in [-0.39, 0.29) is 11.8 Å². The number of benzene rings is 1. The first kappa shape index (κ1) is 21.5. The van der Waals surface area contributed by atoms with Crippen LogP contribution in [0.15, 0.2) is 41.8 Å². The summed E-state index contributed by atoms with van der Waals surface area (Å²) in [7, 11) is 0. The molecule has 0 radical (unpaired) electrons. The molecule has 3 rings (SSSR count). The van der Waals surface area contributed by atoms with E-state index in [0.29, 0.717) is 30.3 Å². The van der Waals surface area contributed by atoms with Gasteiger partial charge in [-0.15, -0.1) is 11.3 Å². The Bertz CT molecular complexity index is 791. The molecule has 5 nitrogen and oxygen atoms in total. The van der Waals surface area contributed by atoms with Gasteiger partial charge in [-0.25, -0.2) is 0 Å². The summed E-state index contributed by atoms with van der Waals surface area (Å²) in [5, 5.41) is 8.04. The first-order valence-corrected chi connectivity index (χ1v) is 11.5. The molecule has 29 heavy (non-hydrogen) atoms. The van der Waals surface area contributed by atoms with E-state index >= 15 is 0 Å². The van der Waals surface area contributed by atoms with Gasteiger partial charge in [0, 0.05) is 35.1 Å². The van der Waals surface area contributed by atoms with E-state index in [1.807, 2.05) is 18.2 Å². The maximum atomic E-state index is 12.6. The standard InChI is InChI=1S/C23H31N3O2S/c1-2-26-14-4-3-10-20(26)17-24-23(28)18-8-5-9-19(16-18)25-22(27)13-6-11-21-12-7-15-29-21/h5,7-9,12,15-16,20H,2-4,6,10-11,13-14,17H2,1H3,(H,24,28)(H,25,27). The molecule has 1 unspecified atom stereocenters. The number of hydrogen-bond acceptors (Lipinski definition) is 4. The van der Waals surface area contributed by atoms with Crippen LogP contribution in [0.25, 0.3) is 0 Å². The van der Waals surface area contributed by atoms with Gasteiger partial charge in [-0.3, -0.25) is 14.5 Å². The van der Waals surface area contributed by atoms with Gasteiger partial charge in [-0.1, -0.05) is 25.5 Å². The van der Waals surface area contributed by atoms with Crippen LogP contribution in [-0.4, -0.2) is 42.4 Å². The number of anilines is 1. The minimum atomic E-state index is -0.0829. The van der Waals surface area contributed by atoms with Crippen LogP contribution in [-0.2, 0) is 11.2 Å². The Balaban J connectivity index is 1.46. The summed E-state index contributed by atoms with van der Waals surface area (Å²) >= 11 is 1.72. The summed E-state index contributed by atoms with van der Waals surface area (Å²) in [6.07, 6.45) is 5.82. The van der Waals surface area contributed by atoms with Gasteiger partial charge in [0.2, 0.25) is 5.91 Å². The van der Waals surface area contributed by atoms with Crippen LogP contribution in [0.2, 0.25) is 0 Å². The normalized spacial score (nSPS) is 17.1. The van der Waals surface area contributed by atoms with Gasteiger partial charge in [0.1, 0.15) is 0 Å². The summed E-state index contributed by atoms with van der Waals surface area (Å²) in [5.41, 5.74) is 1.26. The smallest absolute Gasteiger partial charge is 0.251 e. The molecule has 2 N–H and O–H groups in total. The van der Waals surface area contributed by atoms with Crippen molar-refractivity contribution in [1.82, 2.24) is 10.2 Å². The van der Waals surface area contributed by atoms with Crippen molar-refractivity contribution >= 4 is 28.8 Å². The molecule has 0 saturated carbocycles. The number of thiophene rings is 1. The number of carbonyl (C=O) groups excluding carboxylic acids is 2. The lowest BCUT2D eigenvalue weighted by atomic mass is 10.0. The van der Waals surface area contributed by atoms with Crippen LogP contribution in [0.5, 0.6) is 0 Å². The second-order valence-corrected chi connectivity index (χ2v) is 8.58. The molecular weight excluding hydrogens is 382 g/mol. The van der Waals surface area contributed by atoms with Crippen molar-refractivity contribution in [2.24, 2.45) is 0 Å². The van der Waals surface area contributed by atoms with E-state index in [9.17, 15) is 9.59 Å². The van der Waals surface area contributed by atoms with E-state index in [2.05, 4.69) is 33.9 Å². The first-order chi connectivity index (χ1) is 14.2. The molecule has 2 aromatic rings. The SMILES string of the molecule is CCN1CCCCC1CNC(=O)c1cccc(NC(=O)CCCc2cccs2)c1. The fourth-order valence-electron chi connectivity index (χ4n) is 3.86. The van der Waals surface area contributed by atoms with E-state index in [1.54, 1.807) is 23.5 Å². The van der Waals surface area contributed by atoms with Gasteiger partial charge in [0.15, 0.2) is 0 Å². The molecule has 1 fully saturated rings. The van der Waals surface area contributed by atoms with Crippen molar-refractivity contribution in [2.45, 2.75) is 51.5 Å². The third-order valence-electron chi connectivity index (χ3n) is 5.47. The van der Waals surface area contributed by atoms with Gasteiger partial charge < -0.3 is 10.6 Å². The molecule has 1 aliphatic rings. The molecule has 0 aliphatic carbocycles. The Kier molecular flexibility index (Phi) is 8.25. The molecule has 1 aromatic carbocycles. The Labute approximate surface area is 177 Å². The van der Waals surface area contributed by atoms with Gasteiger partial charge in [0.05, 0.1) is 0 Å². The average Bonchev–Trinajstić information content (AvgIpc) is 3.26. The Morgan fingerprint density at radius 1 is 1.21 bits per heavy atom. The molecule has 0 spiro atoms. The van der Waals surface area contributed by atoms with E-state index in [0.717, 1.165) is 32.4 Å². The Morgan fingerprint density at radius 2 is 2.10 bits per heavy atom. The lowest BCUT2D eigenvalue weighted by molar-refractivity contribution is -0.116. The summed E-state index contributed by atoms with van der Waals surface area (Å²) in [6, 6.07) is 11.7. The number of rotatable bonds is 9. The number of likely N-dealkylation sites (tertiary alicyclic amines) is 1. The maximum absolute atomic E-state index is 12.6. The van der Waals surface area contributed by atoms with E-state index < -0.39 is 0 Å². The highest BCUT2D eigenvalue weighted by atomic mass is 32.1. The van der Waals surface area contributed by atoms with Crippen LogP contribution in [0.3, 0.4) is 0 Å². The molecule has 1 aromatic heterocycles. The summed E-state index contributed by atoms with van der Waals surface area (Å²) < 4.78 is 0.